The Morgan fingerprint density at radius 2 is 2.00 bits per heavy atom. The van der Waals surface area contributed by atoms with Gasteiger partial charge in [0, 0.05) is 24.2 Å². The maximum atomic E-state index is 9.32. The Bertz CT molecular complexity index is 482. The third kappa shape index (κ3) is 1.65. The zero-order valence-electron chi connectivity index (χ0n) is 9.49. The van der Waals surface area contributed by atoms with E-state index in [0.29, 0.717) is 0 Å². The highest BCUT2D eigenvalue weighted by molar-refractivity contribution is 5.81. The lowest BCUT2D eigenvalue weighted by Crippen LogP contribution is -2.21. The van der Waals surface area contributed by atoms with Gasteiger partial charge < -0.3 is 9.67 Å². The fourth-order valence-electron chi connectivity index (χ4n) is 1.79. The van der Waals surface area contributed by atoms with Crippen molar-refractivity contribution in [1.29, 1.82) is 0 Å². The molecule has 1 aromatic carbocycles. The van der Waals surface area contributed by atoms with Crippen LogP contribution in [0, 0.1) is 0 Å². The molecule has 0 atom stereocenters. The lowest BCUT2D eigenvalue weighted by molar-refractivity contribution is 0.218. The van der Waals surface area contributed by atoms with Crippen LogP contribution in [0.3, 0.4) is 0 Å². The topological polar surface area (TPSA) is 25.2 Å². The first kappa shape index (κ1) is 10.2. The number of benzene rings is 1. The van der Waals surface area contributed by atoms with Crippen LogP contribution in [0.4, 0.5) is 0 Å². The van der Waals surface area contributed by atoms with Crippen molar-refractivity contribution in [3.8, 4) is 0 Å². The van der Waals surface area contributed by atoms with E-state index in [-0.39, 0.29) is 12.0 Å². The molecule has 0 amide bonds. The quantitative estimate of drug-likeness (QED) is 0.796. The molecule has 0 saturated carbocycles. The zero-order valence-corrected chi connectivity index (χ0v) is 9.49. The lowest BCUT2D eigenvalue weighted by Gasteiger charge is -2.22. The summed E-state index contributed by atoms with van der Waals surface area (Å²) in [5.74, 6) is 0. The van der Waals surface area contributed by atoms with Gasteiger partial charge in [-0.25, -0.2) is 0 Å². The summed E-state index contributed by atoms with van der Waals surface area (Å²) in [6, 6.07) is 8.47. The average Bonchev–Trinajstić information content (AvgIpc) is 2.60. The Balaban J connectivity index is 2.57. The summed E-state index contributed by atoms with van der Waals surface area (Å²) < 4.78 is 2.10. The number of aliphatic hydroxyl groups is 1. The molecular formula is C13H17NO. The molecule has 15 heavy (non-hydrogen) atoms. The minimum atomic E-state index is -0.163. The fourth-order valence-corrected chi connectivity index (χ4v) is 1.79. The van der Waals surface area contributed by atoms with E-state index in [1.807, 2.05) is 7.05 Å². The fraction of sp³-hybridized carbons (Fsp3) is 0.385. The Morgan fingerprint density at radius 1 is 1.27 bits per heavy atom. The van der Waals surface area contributed by atoms with Crippen molar-refractivity contribution in [3.05, 3.63) is 36.0 Å². The number of aromatic nitrogens is 1. The van der Waals surface area contributed by atoms with Gasteiger partial charge in [-0.1, -0.05) is 19.9 Å². The smallest absolute Gasteiger partial charge is 0.0522 e. The molecule has 0 fully saturated rings. The van der Waals surface area contributed by atoms with Gasteiger partial charge in [0.15, 0.2) is 0 Å². The Morgan fingerprint density at radius 3 is 2.67 bits per heavy atom. The minimum Gasteiger partial charge on any atom is -0.395 e. The van der Waals surface area contributed by atoms with Crippen molar-refractivity contribution in [1.82, 2.24) is 4.57 Å². The van der Waals surface area contributed by atoms with E-state index in [1.54, 1.807) is 0 Å². The minimum absolute atomic E-state index is 0.163. The summed E-state index contributed by atoms with van der Waals surface area (Å²) in [7, 11) is 2.04. The molecule has 0 saturated heterocycles. The van der Waals surface area contributed by atoms with Crippen LogP contribution in [0.25, 0.3) is 10.9 Å². The van der Waals surface area contributed by atoms with Crippen LogP contribution >= 0.6 is 0 Å². The van der Waals surface area contributed by atoms with Crippen LogP contribution in [0.5, 0.6) is 0 Å². The van der Waals surface area contributed by atoms with Crippen molar-refractivity contribution in [2.24, 2.45) is 7.05 Å². The third-order valence-corrected chi connectivity index (χ3v) is 3.06. The highest BCUT2D eigenvalue weighted by Crippen LogP contribution is 2.26. The number of aryl methyl sites for hydroxylation is 1. The molecule has 2 heteroatoms. The predicted octanol–water partition coefficient (Wildman–Crippen LogP) is 2.45. The molecule has 80 valence electrons. The molecule has 0 bridgehead atoms. The van der Waals surface area contributed by atoms with Gasteiger partial charge in [0.05, 0.1) is 6.61 Å². The van der Waals surface area contributed by atoms with Crippen LogP contribution in [-0.4, -0.2) is 16.3 Å². The summed E-state index contributed by atoms with van der Waals surface area (Å²) in [6.07, 6.45) is 2.06. The largest absolute Gasteiger partial charge is 0.395 e. The molecular weight excluding hydrogens is 186 g/mol. The van der Waals surface area contributed by atoms with Crippen molar-refractivity contribution in [2.75, 3.05) is 6.61 Å². The Labute approximate surface area is 90.2 Å². The van der Waals surface area contributed by atoms with Crippen molar-refractivity contribution in [3.63, 3.8) is 0 Å². The number of fused-ring (bicyclic) bond motifs is 1. The molecule has 2 nitrogen and oxygen atoms in total. The van der Waals surface area contributed by atoms with E-state index in [0.717, 1.165) is 0 Å². The number of nitrogens with zero attached hydrogens (tertiary/aromatic N) is 1. The van der Waals surface area contributed by atoms with Gasteiger partial charge in [0.2, 0.25) is 0 Å². The predicted molar refractivity (Wildman–Crippen MR) is 63.0 cm³/mol. The van der Waals surface area contributed by atoms with E-state index in [9.17, 15) is 5.11 Å². The summed E-state index contributed by atoms with van der Waals surface area (Å²) in [6.45, 7) is 4.28. The van der Waals surface area contributed by atoms with Crippen LogP contribution in [0.15, 0.2) is 30.5 Å². The Hall–Kier alpha value is -1.28. The molecule has 1 aromatic heterocycles. The summed E-state index contributed by atoms with van der Waals surface area (Å²) in [5, 5.41) is 10.6. The molecule has 0 spiro atoms. The molecule has 2 rings (SSSR count). The van der Waals surface area contributed by atoms with Gasteiger partial charge in [-0.15, -0.1) is 0 Å². The lowest BCUT2D eigenvalue weighted by atomic mass is 9.85. The standard InChI is InChI=1S/C13H17NO/c1-13(2,9-15)11-4-5-12-10(8-11)6-7-14(12)3/h4-8,15H,9H2,1-3H3. The van der Waals surface area contributed by atoms with Gasteiger partial charge >= 0.3 is 0 Å². The van der Waals surface area contributed by atoms with Gasteiger partial charge in [-0.3, -0.25) is 0 Å². The maximum Gasteiger partial charge on any atom is 0.0522 e. The molecule has 1 N–H and O–H groups in total. The second-order valence-corrected chi connectivity index (χ2v) is 4.74. The maximum absolute atomic E-state index is 9.32. The average molecular weight is 203 g/mol. The Kier molecular flexibility index (Phi) is 2.31. The second kappa shape index (κ2) is 3.38. The van der Waals surface area contributed by atoms with E-state index in [4.69, 9.17) is 0 Å². The van der Waals surface area contributed by atoms with Crippen LogP contribution in [0.1, 0.15) is 19.4 Å². The first-order valence-corrected chi connectivity index (χ1v) is 5.21. The highest BCUT2D eigenvalue weighted by atomic mass is 16.3. The van der Waals surface area contributed by atoms with Crippen LogP contribution in [-0.2, 0) is 12.5 Å². The summed E-state index contributed by atoms with van der Waals surface area (Å²) >= 11 is 0. The number of aliphatic hydroxyl groups excluding tert-OH is 1. The number of hydrogen-bond acceptors (Lipinski definition) is 1. The van der Waals surface area contributed by atoms with Crippen molar-refractivity contribution >= 4 is 10.9 Å². The third-order valence-electron chi connectivity index (χ3n) is 3.06. The molecule has 0 aliphatic heterocycles. The second-order valence-electron chi connectivity index (χ2n) is 4.74. The van der Waals surface area contributed by atoms with E-state index in [1.165, 1.54) is 16.5 Å². The molecule has 1 heterocycles. The zero-order chi connectivity index (χ0) is 11.1. The monoisotopic (exact) mass is 203 g/mol. The molecule has 0 aliphatic rings. The number of rotatable bonds is 2. The van der Waals surface area contributed by atoms with Crippen LogP contribution < -0.4 is 0 Å². The molecule has 0 radical (unpaired) electrons. The SMILES string of the molecule is Cn1ccc2cc(C(C)(C)CO)ccc21. The normalized spacial score (nSPS) is 12.3. The highest BCUT2D eigenvalue weighted by Gasteiger charge is 2.19. The van der Waals surface area contributed by atoms with Crippen molar-refractivity contribution in [2.45, 2.75) is 19.3 Å². The molecule has 0 unspecified atom stereocenters. The molecule has 2 aromatic rings. The number of hydrogen-bond donors (Lipinski definition) is 1. The van der Waals surface area contributed by atoms with Gasteiger partial charge in [0.1, 0.15) is 0 Å². The van der Waals surface area contributed by atoms with Gasteiger partial charge in [0.25, 0.3) is 0 Å². The first-order chi connectivity index (χ1) is 7.04. The summed E-state index contributed by atoms with van der Waals surface area (Å²) in [5.41, 5.74) is 2.25. The van der Waals surface area contributed by atoms with Crippen LogP contribution in [0.2, 0.25) is 0 Å². The van der Waals surface area contributed by atoms with Gasteiger partial charge in [-0.05, 0) is 29.1 Å². The van der Waals surface area contributed by atoms with E-state index < -0.39 is 0 Å². The first-order valence-electron chi connectivity index (χ1n) is 5.21. The van der Waals surface area contributed by atoms with Crippen molar-refractivity contribution < 1.29 is 5.11 Å². The molecule has 0 aliphatic carbocycles. The van der Waals surface area contributed by atoms with Gasteiger partial charge in [-0.2, -0.15) is 0 Å². The summed E-state index contributed by atoms with van der Waals surface area (Å²) in [4.78, 5) is 0. The van der Waals surface area contributed by atoms with E-state index in [2.05, 4.69) is 48.9 Å². The van der Waals surface area contributed by atoms with E-state index >= 15 is 0 Å².